The highest BCUT2D eigenvalue weighted by atomic mass is 32.2. The molecule has 0 aliphatic carbocycles. The molecule has 0 saturated carbocycles. The zero-order valence-corrected chi connectivity index (χ0v) is 19.4. The minimum Gasteiger partial charge on any atom is -0.338 e. The van der Waals surface area contributed by atoms with Gasteiger partial charge in [-0.3, -0.25) is 13.9 Å². The molecule has 4 rings (SSSR count). The van der Waals surface area contributed by atoms with Crippen LogP contribution >= 0.6 is 0 Å². The Labute approximate surface area is 188 Å². The molecule has 2 amide bonds. The van der Waals surface area contributed by atoms with Crippen LogP contribution in [0.1, 0.15) is 41.4 Å². The number of sulfonamides is 1. The minimum absolute atomic E-state index is 0.132. The van der Waals surface area contributed by atoms with E-state index in [0.717, 1.165) is 17.7 Å². The van der Waals surface area contributed by atoms with E-state index >= 15 is 0 Å². The molecule has 1 fully saturated rings. The third-order valence-electron chi connectivity index (χ3n) is 6.06. The van der Waals surface area contributed by atoms with E-state index in [0.29, 0.717) is 43.0 Å². The fourth-order valence-corrected chi connectivity index (χ4v) is 5.90. The van der Waals surface area contributed by atoms with Gasteiger partial charge in [0.05, 0.1) is 17.9 Å². The van der Waals surface area contributed by atoms with E-state index in [1.165, 1.54) is 10.6 Å². The molecule has 0 spiro atoms. The summed E-state index contributed by atoms with van der Waals surface area (Å²) in [5.41, 5.74) is 2.83. The number of fused-ring (bicyclic) bond motifs is 1. The summed E-state index contributed by atoms with van der Waals surface area (Å²) in [6.45, 7) is 4.66. The molecule has 0 radical (unpaired) electrons. The van der Waals surface area contributed by atoms with Crippen LogP contribution in [0.4, 0.5) is 11.5 Å². The molecular weight excluding hydrogens is 428 g/mol. The van der Waals surface area contributed by atoms with Crippen molar-refractivity contribution in [3.8, 4) is 0 Å². The Hall–Kier alpha value is -2.94. The number of nitrogens with one attached hydrogen (secondary N) is 1. The predicted molar refractivity (Wildman–Crippen MR) is 123 cm³/mol. The molecule has 1 saturated heterocycles. The van der Waals surface area contributed by atoms with E-state index in [4.69, 9.17) is 0 Å². The molecule has 0 bridgehead atoms. The molecule has 1 aromatic carbocycles. The topological polar surface area (TPSA) is 99.7 Å². The number of likely N-dealkylation sites (tertiary alicyclic amines) is 1. The third kappa shape index (κ3) is 4.48. The second kappa shape index (κ2) is 8.54. The Morgan fingerprint density at radius 3 is 2.69 bits per heavy atom. The van der Waals surface area contributed by atoms with E-state index in [1.807, 2.05) is 26.0 Å². The average Bonchev–Trinajstić information content (AvgIpc) is 3.08. The number of benzene rings is 1. The van der Waals surface area contributed by atoms with Crippen LogP contribution in [0.5, 0.6) is 0 Å². The Kier molecular flexibility index (Phi) is 5.94. The molecule has 2 aromatic rings. The number of hydrogen-bond donors (Lipinski definition) is 1. The van der Waals surface area contributed by atoms with Gasteiger partial charge in [0.25, 0.3) is 5.91 Å². The van der Waals surface area contributed by atoms with Gasteiger partial charge in [0.1, 0.15) is 5.82 Å². The molecule has 3 heterocycles. The molecule has 1 aromatic heterocycles. The van der Waals surface area contributed by atoms with Crippen molar-refractivity contribution in [1.82, 2.24) is 9.88 Å². The van der Waals surface area contributed by atoms with E-state index in [-0.39, 0.29) is 23.8 Å². The number of anilines is 2. The van der Waals surface area contributed by atoms with E-state index < -0.39 is 10.0 Å². The van der Waals surface area contributed by atoms with Crippen LogP contribution in [0, 0.1) is 12.8 Å². The van der Waals surface area contributed by atoms with Crippen LogP contribution in [0.25, 0.3) is 0 Å². The largest absolute Gasteiger partial charge is 0.338 e. The third-order valence-corrected chi connectivity index (χ3v) is 7.33. The summed E-state index contributed by atoms with van der Waals surface area (Å²) in [7, 11) is -3.38. The number of nitrogens with zero attached hydrogens (tertiary/aromatic N) is 3. The van der Waals surface area contributed by atoms with Crippen LogP contribution in [-0.4, -0.2) is 55.5 Å². The SMILES string of the molecule is Cc1cccc(NC(=O)[C@H]2CCCN(C(=O)c3ccc4c(c3)C[C@@H](C)N4S(C)(=O)=O)C2)n1. The molecule has 0 unspecified atom stereocenters. The fraction of sp³-hybridized carbons (Fsp3) is 0.435. The highest BCUT2D eigenvalue weighted by molar-refractivity contribution is 7.92. The van der Waals surface area contributed by atoms with Crippen LogP contribution < -0.4 is 9.62 Å². The summed E-state index contributed by atoms with van der Waals surface area (Å²) in [4.78, 5) is 32.0. The van der Waals surface area contributed by atoms with Crippen molar-refractivity contribution >= 4 is 33.3 Å². The highest BCUT2D eigenvalue weighted by Crippen LogP contribution is 2.35. The van der Waals surface area contributed by atoms with Gasteiger partial charge in [0, 0.05) is 30.4 Å². The van der Waals surface area contributed by atoms with Crippen LogP contribution in [-0.2, 0) is 21.2 Å². The molecule has 2 aliphatic heterocycles. The zero-order chi connectivity index (χ0) is 23.0. The lowest BCUT2D eigenvalue weighted by Crippen LogP contribution is -2.43. The van der Waals surface area contributed by atoms with Gasteiger partial charge in [-0.15, -0.1) is 0 Å². The van der Waals surface area contributed by atoms with Crippen molar-refractivity contribution < 1.29 is 18.0 Å². The van der Waals surface area contributed by atoms with Gasteiger partial charge in [-0.25, -0.2) is 13.4 Å². The standard InChI is InChI=1S/C23H28N4O4S/c1-15-6-4-8-21(24-15)25-22(28)18-7-5-11-26(14-18)23(29)17-9-10-20-19(13-17)12-16(2)27(20)32(3,30)31/h4,6,8-10,13,16,18H,5,7,11-12,14H2,1-3H3,(H,24,25,28)/t16-,18+/m1/s1. The number of rotatable bonds is 4. The zero-order valence-electron chi connectivity index (χ0n) is 18.5. The van der Waals surface area contributed by atoms with E-state index in [1.54, 1.807) is 29.2 Å². The van der Waals surface area contributed by atoms with Gasteiger partial charge in [0.15, 0.2) is 0 Å². The normalized spacial score (nSPS) is 20.7. The summed E-state index contributed by atoms with van der Waals surface area (Å²) in [5.74, 6) is -0.0524. The lowest BCUT2D eigenvalue weighted by atomic mass is 9.96. The first-order chi connectivity index (χ1) is 15.1. The summed E-state index contributed by atoms with van der Waals surface area (Å²) < 4.78 is 25.7. The number of aromatic nitrogens is 1. The van der Waals surface area contributed by atoms with Crippen molar-refractivity contribution in [3.05, 3.63) is 53.2 Å². The minimum atomic E-state index is -3.38. The highest BCUT2D eigenvalue weighted by Gasteiger charge is 2.34. The molecule has 32 heavy (non-hydrogen) atoms. The predicted octanol–water partition coefficient (Wildman–Crippen LogP) is 2.59. The number of carbonyl (C=O) groups excluding carboxylic acids is 2. The molecule has 170 valence electrons. The molecule has 2 atom stereocenters. The molecule has 1 N–H and O–H groups in total. The van der Waals surface area contributed by atoms with Gasteiger partial charge in [-0.2, -0.15) is 0 Å². The Balaban J connectivity index is 1.47. The maximum absolute atomic E-state index is 13.2. The number of carbonyl (C=O) groups is 2. The van der Waals surface area contributed by atoms with Gasteiger partial charge in [0.2, 0.25) is 15.9 Å². The first-order valence-electron chi connectivity index (χ1n) is 10.8. The number of amides is 2. The van der Waals surface area contributed by atoms with E-state index in [2.05, 4.69) is 10.3 Å². The Morgan fingerprint density at radius 2 is 1.97 bits per heavy atom. The lowest BCUT2D eigenvalue weighted by Gasteiger charge is -2.32. The van der Waals surface area contributed by atoms with Crippen molar-refractivity contribution in [2.75, 3.05) is 29.0 Å². The molecule has 9 heteroatoms. The fourth-order valence-electron chi connectivity index (χ4n) is 4.64. The number of hydrogen-bond acceptors (Lipinski definition) is 5. The summed E-state index contributed by atoms with van der Waals surface area (Å²) >= 11 is 0. The van der Waals surface area contributed by atoms with Crippen molar-refractivity contribution in [2.45, 2.75) is 39.2 Å². The van der Waals surface area contributed by atoms with Crippen LogP contribution in [0.3, 0.4) is 0 Å². The van der Waals surface area contributed by atoms with Crippen molar-refractivity contribution in [2.24, 2.45) is 5.92 Å². The molecule has 8 nitrogen and oxygen atoms in total. The number of piperidine rings is 1. The maximum Gasteiger partial charge on any atom is 0.253 e. The first-order valence-corrected chi connectivity index (χ1v) is 12.6. The van der Waals surface area contributed by atoms with Gasteiger partial charge in [-0.05, 0) is 69.0 Å². The second-order valence-electron chi connectivity index (χ2n) is 8.70. The molecular formula is C23H28N4O4S. The number of pyridine rings is 1. The van der Waals surface area contributed by atoms with Crippen molar-refractivity contribution in [3.63, 3.8) is 0 Å². The summed E-state index contributed by atoms with van der Waals surface area (Å²) in [6, 6.07) is 10.5. The number of aryl methyl sites for hydroxylation is 1. The van der Waals surface area contributed by atoms with E-state index in [9.17, 15) is 18.0 Å². The quantitative estimate of drug-likeness (QED) is 0.762. The maximum atomic E-state index is 13.2. The average molecular weight is 457 g/mol. The first kappa shape index (κ1) is 22.3. The monoisotopic (exact) mass is 456 g/mol. The summed E-state index contributed by atoms with van der Waals surface area (Å²) in [6.07, 6.45) is 3.22. The summed E-state index contributed by atoms with van der Waals surface area (Å²) in [5, 5.41) is 2.86. The van der Waals surface area contributed by atoms with Crippen molar-refractivity contribution in [1.29, 1.82) is 0 Å². The van der Waals surface area contributed by atoms with Crippen LogP contribution in [0.15, 0.2) is 36.4 Å². The van der Waals surface area contributed by atoms with Gasteiger partial charge < -0.3 is 10.2 Å². The Bertz CT molecular complexity index is 1160. The molecule has 2 aliphatic rings. The second-order valence-corrected chi connectivity index (χ2v) is 10.6. The van der Waals surface area contributed by atoms with Gasteiger partial charge in [-0.1, -0.05) is 6.07 Å². The van der Waals surface area contributed by atoms with Gasteiger partial charge >= 0.3 is 0 Å². The Morgan fingerprint density at radius 1 is 1.19 bits per heavy atom. The lowest BCUT2D eigenvalue weighted by molar-refractivity contribution is -0.121. The smallest absolute Gasteiger partial charge is 0.253 e. The van der Waals surface area contributed by atoms with Crippen LogP contribution in [0.2, 0.25) is 0 Å².